The molecule has 0 aromatic heterocycles. The lowest BCUT2D eigenvalue weighted by molar-refractivity contribution is -0.148. The molecule has 1 saturated carbocycles. The lowest BCUT2D eigenvalue weighted by Gasteiger charge is -2.36. The molecule has 2 unspecified atom stereocenters. The summed E-state index contributed by atoms with van der Waals surface area (Å²) in [5, 5.41) is 20.8. The molecular weight excluding hydrogens is 438 g/mol. The molecule has 1 heterocycles. The number of hydrogen-bond donors (Lipinski definition) is 2. The van der Waals surface area contributed by atoms with Crippen LogP contribution in [0.15, 0.2) is 96.2 Å². The number of esters is 1. The average molecular weight is 470 g/mol. The Labute approximate surface area is 206 Å². The molecule has 0 saturated heterocycles. The van der Waals surface area contributed by atoms with Gasteiger partial charge in [0.15, 0.2) is 0 Å². The van der Waals surface area contributed by atoms with Gasteiger partial charge in [-0.25, -0.2) is 4.79 Å². The Balaban J connectivity index is 1.59. The number of nitrogens with zero attached hydrogens (tertiary/aromatic N) is 1. The molecule has 1 aliphatic carbocycles. The van der Waals surface area contributed by atoms with Crippen LogP contribution in [0.1, 0.15) is 50.2 Å². The topological polar surface area (TPSA) is 70.0 Å². The quantitative estimate of drug-likeness (QED) is 0.391. The number of ether oxygens (including phenoxy) is 1. The summed E-state index contributed by atoms with van der Waals surface area (Å²) in [5.41, 5.74) is 3.81. The minimum absolute atomic E-state index is 0.155. The van der Waals surface area contributed by atoms with E-state index in [1.165, 1.54) is 12.8 Å². The molecule has 0 amide bonds. The van der Waals surface area contributed by atoms with Gasteiger partial charge in [-0.3, -0.25) is 0 Å². The van der Waals surface area contributed by atoms with E-state index in [0.29, 0.717) is 30.0 Å². The van der Waals surface area contributed by atoms with Crippen LogP contribution >= 0.6 is 0 Å². The number of carbonyl (C=O) groups excluding carboxylic acids is 1. The van der Waals surface area contributed by atoms with Crippen molar-refractivity contribution in [2.24, 2.45) is 5.92 Å². The van der Waals surface area contributed by atoms with Crippen LogP contribution in [-0.2, 0) is 9.53 Å². The fourth-order valence-electron chi connectivity index (χ4n) is 5.35. The lowest BCUT2D eigenvalue weighted by Crippen LogP contribution is -2.37. The predicted octanol–water partition coefficient (Wildman–Crippen LogP) is 6.41. The van der Waals surface area contributed by atoms with Crippen LogP contribution in [-0.4, -0.2) is 22.3 Å². The molecule has 3 aromatic carbocycles. The normalized spacial score (nSPS) is 19.5. The van der Waals surface area contributed by atoms with Crippen molar-refractivity contribution in [3.63, 3.8) is 0 Å². The minimum atomic E-state index is -0.802. The van der Waals surface area contributed by atoms with Crippen molar-refractivity contribution >= 4 is 17.3 Å². The summed E-state index contributed by atoms with van der Waals surface area (Å²) >= 11 is 0. The van der Waals surface area contributed by atoms with Gasteiger partial charge in [0.05, 0.1) is 6.10 Å². The summed E-state index contributed by atoms with van der Waals surface area (Å²) in [6.07, 6.45) is 4.44. The van der Waals surface area contributed by atoms with Crippen molar-refractivity contribution in [3.8, 4) is 5.75 Å². The highest BCUT2D eigenvalue weighted by atomic mass is 16.5. The average Bonchev–Trinajstić information content (AvgIpc) is 3.42. The van der Waals surface area contributed by atoms with Gasteiger partial charge in [0, 0.05) is 24.2 Å². The van der Waals surface area contributed by atoms with Crippen molar-refractivity contribution in [1.82, 2.24) is 0 Å². The highest BCUT2D eigenvalue weighted by molar-refractivity contribution is 5.97. The number of aromatic hydroxyl groups is 1. The van der Waals surface area contributed by atoms with Gasteiger partial charge in [-0.2, -0.15) is 0 Å². The van der Waals surface area contributed by atoms with Crippen LogP contribution < -0.4 is 4.90 Å². The summed E-state index contributed by atoms with van der Waals surface area (Å²) < 4.78 is 6.09. The number of phenols is 1. The van der Waals surface area contributed by atoms with Crippen molar-refractivity contribution in [1.29, 1.82) is 0 Å². The molecule has 3 aromatic rings. The van der Waals surface area contributed by atoms with Gasteiger partial charge in [-0.05, 0) is 66.3 Å². The Hall–Kier alpha value is -3.57. The zero-order chi connectivity index (χ0) is 24.2. The molecule has 2 aliphatic rings. The lowest BCUT2D eigenvalue weighted by atomic mass is 9.87. The third kappa shape index (κ3) is 5.10. The van der Waals surface area contributed by atoms with Gasteiger partial charge in [-0.15, -0.1) is 0 Å². The first-order valence-corrected chi connectivity index (χ1v) is 12.4. The van der Waals surface area contributed by atoms with Gasteiger partial charge in [-0.1, -0.05) is 61.4 Å². The summed E-state index contributed by atoms with van der Waals surface area (Å²) in [6, 6.07) is 26.2. The Morgan fingerprint density at radius 2 is 1.43 bits per heavy atom. The smallest absolute Gasteiger partial charge is 0.355 e. The molecular formula is C30H31NO4. The van der Waals surface area contributed by atoms with Crippen molar-refractivity contribution in [2.45, 2.75) is 50.7 Å². The zero-order valence-electron chi connectivity index (χ0n) is 19.7. The van der Waals surface area contributed by atoms with Gasteiger partial charge >= 0.3 is 5.97 Å². The third-order valence-electron chi connectivity index (χ3n) is 7.13. The Bertz CT molecular complexity index is 1130. The summed E-state index contributed by atoms with van der Waals surface area (Å²) in [6.45, 7) is 0. The van der Waals surface area contributed by atoms with E-state index in [4.69, 9.17) is 4.74 Å². The number of aliphatic hydroxyl groups excluding tert-OH is 1. The number of anilines is 2. The van der Waals surface area contributed by atoms with E-state index in [1.807, 2.05) is 65.6 Å². The van der Waals surface area contributed by atoms with Crippen LogP contribution in [0.4, 0.5) is 11.4 Å². The fourth-order valence-corrected chi connectivity index (χ4v) is 5.35. The van der Waals surface area contributed by atoms with E-state index in [-0.39, 0.29) is 17.8 Å². The van der Waals surface area contributed by atoms with Crippen molar-refractivity contribution in [2.75, 3.05) is 4.90 Å². The molecule has 0 radical (unpaired) electrons. The Kier molecular flexibility index (Phi) is 6.87. The van der Waals surface area contributed by atoms with E-state index in [0.717, 1.165) is 29.8 Å². The van der Waals surface area contributed by atoms with Crippen molar-refractivity contribution in [3.05, 3.63) is 102 Å². The molecule has 35 heavy (non-hydrogen) atoms. The molecule has 2 N–H and O–H groups in total. The van der Waals surface area contributed by atoms with E-state index in [1.54, 1.807) is 24.3 Å². The number of hydrogen-bond acceptors (Lipinski definition) is 5. The molecule has 1 aliphatic heterocycles. The number of rotatable bonds is 7. The molecule has 0 spiro atoms. The number of carbonyl (C=O) groups is 1. The van der Waals surface area contributed by atoms with Crippen LogP contribution in [0.5, 0.6) is 5.75 Å². The Morgan fingerprint density at radius 3 is 2.00 bits per heavy atom. The number of benzene rings is 3. The molecule has 5 heteroatoms. The first-order valence-electron chi connectivity index (χ1n) is 12.4. The third-order valence-corrected chi connectivity index (χ3v) is 7.13. The highest BCUT2D eigenvalue weighted by Gasteiger charge is 2.38. The molecule has 2 atom stereocenters. The monoisotopic (exact) mass is 469 g/mol. The first-order chi connectivity index (χ1) is 17.1. The van der Waals surface area contributed by atoms with Crippen molar-refractivity contribution < 1.29 is 19.7 Å². The summed E-state index contributed by atoms with van der Waals surface area (Å²) in [5.74, 6) is 0.180. The molecule has 5 nitrogen and oxygen atoms in total. The SMILES string of the molecule is O=C1OC(C2CCCC2)CC(CC(O)c2ccc(O)cc2)=C1N(c1ccccc1)c1ccccc1. The maximum atomic E-state index is 13.7. The Morgan fingerprint density at radius 1 is 0.857 bits per heavy atom. The second-order valence-electron chi connectivity index (χ2n) is 9.46. The van der Waals surface area contributed by atoms with Gasteiger partial charge in [0.1, 0.15) is 17.6 Å². The van der Waals surface area contributed by atoms with E-state index in [2.05, 4.69) is 0 Å². The highest BCUT2D eigenvalue weighted by Crippen LogP contribution is 2.42. The molecule has 180 valence electrons. The first kappa shape index (κ1) is 23.2. The van der Waals surface area contributed by atoms with Gasteiger partial charge < -0.3 is 19.8 Å². The molecule has 0 bridgehead atoms. The molecule has 5 rings (SSSR count). The number of cyclic esters (lactones) is 1. The second kappa shape index (κ2) is 10.4. The largest absolute Gasteiger partial charge is 0.508 e. The van der Waals surface area contributed by atoms with Gasteiger partial charge in [0.2, 0.25) is 0 Å². The van der Waals surface area contributed by atoms with Crippen LogP contribution in [0.2, 0.25) is 0 Å². The standard InChI is InChI=1S/C30H31NO4/c32-26-17-15-21(16-18-26)27(33)19-23-20-28(22-9-7-8-10-22)35-30(34)29(23)31(24-11-3-1-4-12-24)25-13-5-2-6-14-25/h1-6,11-18,22,27-28,32-33H,7-10,19-20H2. The molecule has 1 fully saturated rings. The number of aliphatic hydroxyl groups is 1. The second-order valence-corrected chi connectivity index (χ2v) is 9.46. The fraction of sp³-hybridized carbons (Fsp3) is 0.300. The number of phenolic OH excluding ortho intramolecular Hbond substituents is 1. The maximum absolute atomic E-state index is 13.7. The van der Waals surface area contributed by atoms with E-state index in [9.17, 15) is 15.0 Å². The van der Waals surface area contributed by atoms with Gasteiger partial charge in [0.25, 0.3) is 0 Å². The number of para-hydroxylation sites is 2. The van der Waals surface area contributed by atoms with E-state index >= 15 is 0 Å². The van der Waals surface area contributed by atoms with Crippen LogP contribution in [0, 0.1) is 5.92 Å². The maximum Gasteiger partial charge on any atom is 0.355 e. The summed E-state index contributed by atoms with van der Waals surface area (Å²) in [7, 11) is 0. The predicted molar refractivity (Wildman–Crippen MR) is 136 cm³/mol. The van der Waals surface area contributed by atoms with Crippen LogP contribution in [0.25, 0.3) is 0 Å². The van der Waals surface area contributed by atoms with E-state index < -0.39 is 6.10 Å². The van der Waals surface area contributed by atoms with Crippen LogP contribution in [0.3, 0.4) is 0 Å². The summed E-state index contributed by atoms with van der Waals surface area (Å²) in [4.78, 5) is 15.6. The zero-order valence-corrected chi connectivity index (χ0v) is 19.7. The minimum Gasteiger partial charge on any atom is -0.508 e.